The Labute approximate surface area is 127 Å². The Morgan fingerprint density at radius 3 is 0.947 bits per heavy atom. The zero-order chi connectivity index (χ0) is 16.7. The number of hydrogen-bond acceptors (Lipinski definition) is 0. The van der Waals surface area contributed by atoms with Crippen LogP contribution in [0.4, 0.5) is 0 Å². The van der Waals surface area contributed by atoms with E-state index in [1.807, 2.05) is 41.5 Å². The van der Waals surface area contributed by atoms with Crippen molar-refractivity contribution in [1.82, 2.24) is 0 Å². The molecule has 0 amide bonds. The van der Waals surface area contributed by atoms with Crippen molar-refractivity contribution in [1.29, 1.82) is 0 Å². The van der Waals surface area contributed by atoms with Gasteiger partial charge in [-0.1, -0.05) is 115 Å². The first-order chi connectivity index (χ1) is 9.13. The first-order valence-electron chi connectivity index (χ1n) is 9.13. The maximum absolute atomic E-state index is 2.32. The van der Waals surface area contributed by atoms with Gasteiger partial charge in [-0.25, -0.2) is 0 Å². The summed E-state index contributed by atoms with van der Waals surface area (Å²) in [4.78, 5) is 0. The molecule has 0 radical (unpaired) electrons. The minimum atomic E-state index is 0.884. The summed E-state index contributed by atoms with van der Waals surface area (Å²) in [6.45, 7) is 25.6. The topological polar surface area (TPSA) is 0 Å². The van der Waals surface area contributed by atoms with Crippen LogP contribution < -0.4 is 0 Å². The third-order valence-electron chi connectivity index (χ3n) is 2.63. The number of rotatable bonds is 5. The molecule has 0 bridgehead atoms. The number of unbranched alkanes of at least 4 members (excludes halogenated alkanes) is 1. The summed E-state index contributed by atoms with van der Waals surface area (Å²) in [6.07, 6.45) is 6.75. The Bertz CT molecular complexity index is 72.1. The summed E-state index contributed by atoms with van der Waals surface area (Å²) >= 11 is 0. The summed E-state index contributed by atoms with van der Waals surface area (Å²) in [6, 6.07) is 0. The van der Waals surface area contributed by atoms with Crippen molar-refractivity contribution >= 4 is 0 Å². The quantitative estimate of drug-likeness (QED) is 0.473. The molecule has 0 nitrogen and oxygen atoms in total. The van der Waals surface area contributed by atoms with Crippen molar-refractivity contribution in [3.8, 4) is 0 Å². The third kappa shape index (κ3) is 46.1. The molecule has 0 rings (SSSR count). The molecule has 0 saturated heterocycles. The van der Waals surface area contributed by atoms with Gasteiger partial charge in [-0.15, -0.1) is 0 Å². The summed E-state index contributed by atoms with van der Waals surface area (Å²) in [5.41, 5.74) is 0. The molecule has 0 aromatic rings. The normalized spacial score (nSPS) is 9.32. The van der Waals surface area contributed by atoms with E-state index in [9.17, 15) is 0 Å². The summed E-state index contributed by atoms with van der Waals surface area (Å²) in [5.74, 6) is 1.85. The highest BCUT2D eigenvalue weighted by Crippen LogP contribution is 2.19. The van der Waals surface area contributed by atoms with Gasteiger partial charge in [-0.2, -0.15) is 0 Å². The highest BCUT2D eigenvalue weighted by atomic mass is 14.1. The fourth-order valence-electron chi connectivity index (χ4n) is 1.38. The highest BCUT2D eigenvalue weighted by Gasteiger charge is 2.08. The molecule has 0 heteroatoms. The Kier molecular flexibility index (Phi) is 71.1. The van der Waals surface area contributed by atoms with Gasteiger partial charge in [0.25, 0.3) is 0 Å². The van der Waals surface area contributed by atoms with Gasteiger partial charge in [-0.05, 0) is 11.8 Å². The second-order valence-corrected chi connectivity index (χ2v) is 4.20. The zero-order valence-corrected chi connectivity index (χ0v) is 16.7. The van der Waals surface area contributed by atoms with E-state index in [1.165, 1.54) is 32.1 Å². The van der Waals surface area contributed by atoms with Crippen molar-refractivity contribution in [2.24, 2.45) is 11.8 Å². The average molecular weight is 277 g/mol. The fourth-order valence-corrected chi connectivity index (χ4v) is 1.38. The second-order valence-electron chi connectivity index (χ2n) is 4.20. The van der Waals surface area contributed by atoms with Gasteiger partial charge >= 0.3 is 0 Å². The Morgan fingerprint density at radius 2 is 0.895 bits per heavy atom. The molecule has 0 aromatic heterocycles. The average Bonchev–Trinajstić information content (AvgIpc) is 2.50. The molecule has 0 saturated carbocycles. The van der Waals surface area contributed by atoms with E-state index in [0.717, 1.165) is 11.8 Å². The van der Waals surface area contributed by atoms with E-state index in [-0.39, 0.29) is 0 Å². The first kappa shape index (κ1) is 31.4. The van der Waals surface area contributed by atoms with Crippen LogP contribution >= 0.6 is 0 Å². The molecule has 0 aromatic carbocycles. The van der Waals surface area contributed by atoms with E-state index in [0.29, 0.717) is 0 Å². The van der Waals surface area contributed by atoms with Gasteiger partial charge in [0.2, 0.25) is 0 Å². The lowest BCUT2D eigenvalue weighted by Crippen LogP contribution is -2.06. The lowest BCUT2D eigenvalue weighted by molar-refractivity contribution is 0.346. The molecule has 0 aliphatic heterocycles. The molecule has 0 aliphatic carbocycles. The molecular formula is C19H48. The van der Waals surface area contributed by atoms with Crippen molar-refractivity contribution in [2.45, 2.75) is 115 Å². The predicted molar refractivity (Wildman–Crippen MR) is 98.2 cm³/mol. The summed E-state index contributed by atoms with van der Waals surface area (Å²) in [5, 5.41) is 0. The Balaban J connectivity index is -0.0000000549. The Morgan fingerprint density at radius 1 is 0.579 bits per heavy atom. The van der Waals surface area contributed by atoms with Crippen LogP contribution in [-0.4, -0.2) is 0 Å². The van der Waals surface area contributed by atoms with Crippen molar-refractivity contribution < 1.29 is 0 Å². The molecule has 124 valence electrons. The minimum Gasteiger partial charge on any atom is -0.0683 e. The van der Waals surface area contributed by atoms with Crippen LogP contribution in [0, 0.1) is 11.8 Å². The maximum Gasteiger partial charge on any atom is -0.0394 e. The maximum atomic E-state index is 2.32. The SMILES string of the molecule is CC.CC.CC.CCCC.CCCC(CC)C(C)C. The van der Waals surface area contributed by atoms with E-state index in [2.05, 4.69) is 41.5 Å². The highest BCUT2D eigenvalue weighted by molar-refractivity contribution is 4.59. The first-order valence-corrected chi connectivity index (χ1v) is 9.13. The van der Waals surface area contributed by atoms with Gasteiger partial charge < -0.3 is 0 Å². The van der Waals surface area contributed by atoms with E-state index in [4.69, 9.17) is 0 Å². The third-order valence-corrected chi connectivity index (χ3v) is 2.63. The van der Waals surface area contributed by atoms with Crippen LogP contribution in [0.3, 0.4) is 0 Å². The lowest BCUT2D eigenvalue weighted by Gasteiger charge is -2.17. The van der Waals surface area contributed by atoms with Crippen LogP contribution in [0.1, 0.15) is 115 Å². The van der Waals surface area contributed by atoms with E-state index >= 15 is 0 Å². The van der Waals surface area contributed by atoms with Gasteiger partial charge in [0.05, 0.1) is 0 Å². The Hall–Kier alpha value is 0. The molecule has 1 atom stereocenters. The van der Waals surface area contributed by atoms with Gasteiger partial charge in [-0.3, -0.25) is 0 Å². The van der Waals surface area contributed by atoms with Crippen molar-refractivity contribution in [3.05, 3.63) is 0 Å². The molecule has 1 unspecified atom stereocenters. The fraction of sp³-hybridized carbons (Fsp3) is 1.00. The van der Waals surface area contributed by atoms with Gasteiger partial charge in [0, 0.05) is 0 Å². The summed E-state index contributed by atoms with van der Waals surface area (Å²) in [7, 11) is 0. The summed E-state index contributed by atoms with van der Waals surface area (Å²) < 4.78 is 0. The molecule has 0 fully saturated rings. The molecule has 0 heterocycles. The zero-order valence-electron chi connectivity index (χ0n) is 16.7. The van der Waals surface area contributed by atoms with Crippen LogP contribution in [0.25, 0.3) is 0 Å². The molecule has 0 spiro atoms. The lowest BCUT2D eigenvalue weighted by atomic mass is 9.89. The standard InChI is InChI=1S/C9H20.C4H10.3C2H6/c1-5-7-9(6-2)8(3)4;1-3-4-2;3*1-2/h8-9H,5-7H2,1-4H3;3-4H2,1-2H3;3*1-2H3. The van der Waals surface area contributed by atoms with Gasteiger partial charge in [0.15, 0.2) is 0 Å². The van der Waals surface area contributed by atoms with Gasteiger partial charge in [0.1, 0.15) is 0 Å². The van der Waals surface area contributed by atoms with Crippen molar-refractivity contribution in [2.75, 3.05) is 0 Å². The molecule has 0 aliphatic rings. The largest absolute Gasteiger partial charge is 0.0683 e. The molecular weight excluding hydrogens is 228 g/mol. The minimum absolute atomic E-state index is 0.884. The smallest absolute Gasteiger partial charge is 0.0394 e. The van der Waals surface area contributed by atoms with E-state index in [1.54, 1.807) is 0 Å². The number of hydrogen-bond donors (Lipinski definition) is 0. The predicted octanol–water partition coefficient (Wildman–Crippen LogP) is 8.35. The van der Waals surface area contributed by atoms with Crippen LogP contribution in [-0.2, 0) is 0 Å². The molecule has 0 N–H and O–H groups in total. The monoisotopic (exact) mass is 276 g/mol. The van der Waals surface area contributed by atoms with E-state index < -0.39 is 0 Å². The molecule has 19 heavy (non-hydrogen) atoms. The second kappa shape index (κ2) is 43.0. The van der Waals surface area contributed by atoms with Crippen LogP contribution in [0.5, 0.6) is 0 Å². The van der Waals surface area contributed by atoms with Crippen LogP contribution in [0.15, 0.2) is 0 Å². The van der Waals surface area contributed by atoms with Crippen LogP contribution in [0.2, 0.25) is 0 Å². The van der Waals surface area contributed by atoms with Crippen molar-refractivity contribution in [3.63, 3.8) is 0 Å².